The third kappa shape index (κ3) is 3.29. The average molecular weight is 375 g/mol. The molecule has 2 aliphatic rings. The van der Waals surface area contributed by atoms with Crippen LogP contribution in [0, 0.1) is 6.92 Å². The molecule has 2 fully saturated rings. The number of amides is 4. The standard InChI is InChI=1S/C22H21N3O3/c1-15-13-18(24-11-5-6-12-24)10-9-16(15)14-19-20(26)23-22(28)25(21(19)27)17-7-3-2-4-8-17/h2-4,7-10,13-14H,5-6,11-12H2,1H3,(H,23,26,28)/b19-14+. The highest BCUT2D eigenvalue weighted by molar-refractivity contribution is 6.39. The molecule has 4 amide bonds. The fraction of sp³-hybridized carbons (Fsp3) is 0.227. The summed E-state index contributed by atoms with van der Waals surface area (Å²) in [6, 6.07) is 13.8. The van der Waals surface area contributed by atoms with Crippen molar-refractivity contribution in [3.63, 3.8) is 0 Å². The number of urea groups is 1. The first-order valence-corrected chi connectivity index (χ1v) is 9.37. The minimum Gasteiger partial charge on any atom is -0.372 e. The second-order valence-corrected chi connectivity index (χ2v) is 7.03. The summed E-state index contributed by atoms with van der Waals surface area (Å²) in [6.45, 7) is 4.06. The smallest absolute Gasteiger partial charge is 0.335 e. The Morgan fingerprint density at radius 2 is 1.64 bits per heavy atom. The van der Waals surface area contributed by atoms with E-state index in [1.165, 1.54) is 12.8 Å². The lowest BCUT2D eigenvalue weighted by Gasteiger charge is -2.26. The first kappa shape index (κ1) is 18.0. The second-order valence-electron chi connectivity index (χ2n) is 7.03. The molecule has 142 valence electrons. The number of aryl methyl sites for hydroxylation is 1. The van der Waals surface area contributed by atoms with Crippen molar-refractivity contribution in [1.82, 2.24) is 5.32 Å². The van der Waals surface area contributed by atoms with Crippen molar-refractivity contribution in [3.8, 4) is 0 Å². The van der Waals surface area contributed by atoms with Gasteiger partial charge in [-0.25, -0.2) is 9.69 Å². The Bertz CT molecular complexity index is 976. The molecule has 1 N–H and O–H groups in total. The van der Waals surface area contributed by atoms with Gasteiger partial charge >= 0.3 is 6.03 Å². The molecule has 0 saturated carbocycles. The predicted octanol–water partition coefficient (Wildman–Crippen LogP) is 3.26. The summed E-state index contributed by atoms with van der Waals surface area (Å²) in [6.07, 6.45) is 3.95. The summed E-state index contributed by atoms with van der Waals surface area (Å²) < 4.78 is 0. The number of hydrogen-bond donors (Lipinski definition) is 1. The van der Waals surface area contributed by atoms with Crippen molar-refractivity contribution in [2.75, 3.05) is 22.9 Å². The summed E-state index contributed by atoms with van der Waals surface area (Å²) in [5, 5.41) is 2.25. The van der Waals surface area contributed by atoms with E-state index in [0.29, 0.717) is 5.69 Å². The van der Waals surface area contributed by atoms with Gasteiger partial charge < -0.3 is 4.90 Å². The van der Waals surface area contributed by atoms with Crippen LogP contribution in [0.15, 0.2) is 54.1 Å². The molecule has 28 heavy (non-hydrogen) atoms. The van der Waals surface area contributed by atoms with E-state index in [-0.39, 0.29) is 5.57 Å². The Morgan fingerprint density at radius 3 is 2.32 bits per heavy atom. The zero-order valence-electron chi connectivity index (χ0n) is 15.6. The van der Waals surface area contributed by atoms with E-state index in [0.717, 1.165) is 34.8 Å². The van der Waals surface area contributed by atoms with Gasteiger partial charge in [-0.3, -0.25) is 14.9 Å². The van der Waals surface area contributed by atoms with Crippen LogP contribution in [-0.2, 0) is 9.59 Å². The highest BCUT2D eigenvalue weighted by Crippen LogP contribution is 2.26. The lowest BCUT2D eigenvalue weighted by molar-refractivity contribution is -0.122. The maximum Gasteiger partial charge on any atom is 0.335 e. The van der Waals surface area contributed by atoms with E-state index < -0.39 is 17.8 Å². The molecule has 0 unspecified atom stereocenters. The minimum absolute atomic E-state index is 0.0551. The van der Waals surface area contributed by atoms with Crippen LogP contribution >= 0.6 is 0 Å². The minimum atomic E-state index is -0.737. The molecule has 0 spiro atoms. The normalized spacial score (nSPS) is 18.8. The number of imide groups is 2. The number of barbiturate groups is 1. The molecule has 2 saturated heterocycles. The maximum absolute atomic E-state index is 12.9. The van der Waals surface area contributed by atoms with Crippen LogP contribution in [0.2, 0.25) is 0 Å². The van der Waals surface area contributed by atoms with Crippen LogP contribution in [0.4, 0.5) is 16.2 Å². The Kier molecular flexibility index (Phi) is 4.69. The third-order valence-electron chi connectivity index (χ3n) is 5.14. The van der Waals surface area contributed by atoms with Crippen LogP contribution in [0.5, 0.6) is 0 Å². The zero-order chi connectivity index (χ0) is 19.7. The predicted molar refractivity (Wildman–Crippen MR) is 108 cm³/mol. The summed E-state index contributed by atoms with van der Waals surface area (Å²) in [7, 11) is 0. The summed E-state index contributed by atoms with van der Waals surface area (Å²) >= 11 is 0. The largest absolute Gasteiger partial charge is 0.372 e. The monoisotopic (exact) mass is 375 g/mol. The number of nitrogens with zero attached hydrogens (tertiary/aromatic N) is 2. The molecular formula is C22H21N3O3. The van der Waals surface area contributed by atoms with E-state index in [4.69, 9.17) is 0 Å². The van der Waals surface area contributed by atoms with Gasteiger partial charge in [0.15, 0.2) is 0 Å². The molecule has 0 radical (unpaired) electrons. The van der Waals surface area contributed by atoms with E-state index in [1.54, 1.807) is 36.4 Å². The summed E-state index contributed by atoms with van der Waals surface area (Å²) in [5.74, 6) is -1.30. The molecule has 2 heterocycles. The molecular weight excluding hydrogens is 354 g/mol. The number of para-hydroxylation sites is 1. The fourth-order valence-electron chi connectivity index (χ4n) is 3.62. The van der Waals surface area contributed by atoms with Gasteiger partial charge in [0.05, 0.1) is 5.69 Å². The highest BCUT2D eigenvalue weighted by Gasteiger charge is 2.36. The van der Waals surface area contributed by atoms with Crippen molar-refractivity contribution in [2.45, 2.75) is 19.8 Å². The van der Waals surface area contributed by atoms with Gasteiger partial charge in [-0.05, 0) is 61.2 Å². The lowest BCUT2D eigenvalue weighted by Crippen LogP contribution is -2.54. The van der Waals surface area contributed by atoms with E-state index in [2.05, 4.69) is 16.3 Å². The van der Waals surface area contributed by atoms with Gasteiger partial charge in [0, 0.05) is 18.8 Å². The van der Waals surface area contributed by atoms with Crippen molar-refractivity contribution < 1.29 is 14.4 Å². The molecule has 0 atom stereocenters. The number of carbonyl (C=O) groups excluding carboxylic acids is 3. The molecule has 0 bridgehead atoms. The van der Waals surface area contributed by atoms with Gasteiger partial charge in [0.1, 0.15) is 5.57 Å². The lowest BCUT2D eigenvalue weighted by atomic mass is 10.0. The quantitative estimate of drug-likeness (QED) is 0.660. The molecule has 6 nitrogen and oxygen atoms in total. The first-order valence-electron chi connectivity index (χ1n) is 9.37. The number of hydrogen-bond acceptors (Lipinski definition) is 4. The van der Waals surface area contributed by atoms with Gasteiger partial charge in [-0.1, -0.05) is 24.3 Å². The van der Waals surface area contributed by atoms with Crippen LogP contribution in [0.3, 0.4) is 0 Å². The Balaban J connectivity index is 1.67. The van der Waals surface area contributed by atoms with Gasteiger partial charge in [0.2, 0.25) is 0 Å². The zero-order valence-corrected chi connectivity index (χ0v) is 15.6. The van der Waals surface area contributed by atoms with Crippen LogP contribution in [0.1, 0.15) is 24.0 Å². The van der Waals surface area contributed by atoms with Crippen molar-refractivity contribution in [2.24, 2.45) is 0 Å². The SMILES string of the molecule is Cc1cc(N2CCCC2)ccc1/C=C1\C(=O)NC(=O)N(c2ccccc2)C1=O. The fourth-order valence-corrected chi connectivity index (χ4v) is 3.62. The number of anilines is 2. The highest BCUT2D eigenvalue weighted by atomic mass is 16.2. The van der Waals surface area contributed by atoms with Crippen molar-refractivity contribution in [3.05, 3.63) is 65.2 Å². The summed E-state index contributed by atoms with van der Waals surface area (Å²) in [5.41, 5.74) is 3.27. The summed E-state index contributed by atoms with van der Waals surface area (Å²) in [4.78, 5) is 40.8. The number of benzene rings is 2. The molecule has 2 aliphatic heterocycles. The first-order chi connectivity index (χ1) is 13.5. The van der Waals surface area contributed by atoms with Crippen LogP contribution in [0.25, 0.3) is 6.08 Å². The number of nitrogens with one attached hydrogen (secondary N) is 1. The van der Waals surface area contributed by atoms with E-state index in [9.17, 15) is 14.4 Å². The van der Waals surface area contributed by atoms with Gasteiger partial charge in [-0.15, -0.1) is 0 Å². The number of rotatable bonds is 3. The molecule has 0 aromatic heterocycles. The Morgan fingerprint density at radius 1 is 0.929 bits per heavy atom. The molecule has 2 aromatic carbocycles. The average Bonchev–Trinajstić information content (AvgIpc) is 3.21. The van der Waals surface area contributed by atoms with Gasteiger partial charge in [-0.2, -0.15) is 0 Å². The molecule has 6 heteroatoms. The Hall–Kier alpha value is -3.41. The van der Waals surface area contributed by atoms with Crippen molar-refractivity contribution >= 4 is 35.3 Å². The van der Waals surface area contributed by atoms with Gasteiger partial charge in [0.25, 0.3) is 11.8 Å². The molecule has 4 rings (SSSR count). The second kappa shape index (κ2) is 7.31. The topological polar surface area (TPSA) is 69.7 Å². The van der Waals surface area contributed by atoms with E-state index >= 15 is 0 Å². The maximum atomic E-state index is 12.9. The van der Waals surface area contributed by atoms with Crippen LogP contribution in [-0.4, -0.2) is 30.9 Å². The molecule has 0 aliphatic carbocycles. The Labute approximate surface area is 163 Å². The number of carbonyl (C=O) groups is 3. The van der Waals surface area contributed by atoms with E-state index in [1.807, 2.05) is 19.1 Å². The molecule has 2 aromatic rings. The van der Waals surface area contributed by atoms with Crippen molar-refractivity contribution in [1.29, 1.82) is 0 Å². The third-order valence-corrected chi connectivity index (χ3v) is 5.14. The van der Waals surface area contributed by atoms with Crippen LogP contribution < -0.4 is 15.1 Å².